The van der Waals surface area contributed by atoms with Crippen LogP contribution in [0.3, 0.4) is 0 Å². The number of methoxy groups -OCH3 is 1. The predicted octanol–water partition coefficient (Wildman–Crippen LogP) is 4.79. The highest BCUT2D eigenvalue weighted by atomic mass is 32.1. The molecular formula is C22H17NO3S. The molecule has 1 aromatic heterocycles. The van der Waals surface area contributed by atoms with Gasteiger partial charge in [0.2, 0.25) is 0 Å². The van der Waals surface area contributed by atoms with Crippen LogP contribution >= 0.6 is 11.3 Å². The van der Waals surface area contributed by atoms with Crippen LogP contribution in [-0.2, 0) is 4.79 Å². The quantitative estimate of drug-likeness (QED) is 0.488. The van der Waals surface area contributed by atoms with Gasteiger partial charge in [-0.2, -0.15) is 0 Å². The first-order valence-electron chi connectivity index (χ1n) is 8.49. The van der Waals surface area contributed by atoms with Gasteiger partial charge < -0.3 is 4.74 Å². The lowest BCUT2D eigenvalue weighted by Gasteiger charge is -2.29. The zero-order chi connectivity index (χ0) is 19.0. The third kappa shape index (κ3) is 2.96. The van der Waals surface area contributed by atoms with Gasteiger partial charge in [0.05, 0.1) is 12.8 Å². The van der Waals surface area contributed by atoms with E-state index in [0.29, 0.717) is 28.1 Å². The number of hydrogen-bond acceptors (Lipinski definition) is 4. The van der Waals surface area contributed by atoms with Crippen LogP contribution in [0.15, 0.2) is 60.7 Å². The van der Waals surface area contributed by atoms with E-state index < -0.39 is 0 Å². The molecule has 0 atom stereocenters. The Morgan fingerprint density at radius 1 is 0.889 bits per heavy atom. The normalized spacial score (nSPS) is 15.2. The van der Waals surface area contributed by atoms with Gasteiger partial charge in [0.15, 0.2) is 0 Å². The first-order chi connectivity index (χ1) is 13.1. The third-order valence-corrected chi connectivity index (χ3v) is 5.41. The molecule has 2 heterocycles. The molecule has 5 heteroatoms. The number of nitrogens with zero attached hydrogens (tertiary/aromatic N) is 1. The molecule has 0 spiro atoms. The average molecular weight is 375 g/mol. The number of amides is 2. The second-order valence-electron chi connectivity index (χ2n) is 6.17. The van der Waals surface area contributed by atoms with Gasteiger partial charge in [0.25, 0.3) is 11.8 Å². The van der Waals surface area contributed by atoms with Crippen LogP contribution < -0.4 is 9.64 Å². The molecule has 0 saturated carbocycles. The Morgan fingerprint density at radius 2 is 1.59 bits per heavy atom. The summed E-state index contributed by atoms with van der Waals surface area (Å²) in [4.78, 5) is 29.8. The number of para-hydroxylation sites is 2. The highest BCUT2D eigenvalue weighted by Gasteiger charge is 2.37. The number of fused-ring (bicyclic) bond motifs is 1. The van der Waals surface area contributed by atoms with E-state index in [4.69, 9.17) is 4.74 Å². The highest BCUT2D eigenvalue weighted by molar-refractivity contribution is 7.12. The molecule has 0 saturated heterocycles. The third-order valence-electron chi connectivity index (χ3n) is 4.46. The second-order valence-corrected chi connectivity index (χ2v) is 7.49. The summed E-state index contributed by atoms with van der Waals surface area (Å²) in [6.45, 7) is 2.02. The zero-order valence-electron chi connectivity index (χ0n) is 14.9. The first-order valence-corrected chi connectivity index (χ1v) is 9.31. The second kappa shape index (κ2) is 6.85. The van der Waals surface area contributed by atoms with Gasteiger partial charge in [-0.3, -0.25) is 9.59 Å². The number of benzene rings is 2. The van der Waals surface area contributed by atoms with E-state index in [2.05, 4.69) is 0 Å². The molecule has 3 aromatic rings. The summed E-state index contributed by atoms with van der Waals surface area (Å²) in [5, 5.41) is 0. The minimum absolute atomic E-state index is 0.348. The van der Waals surface area contributed by atoms with E-state index >= 15 is 0 Å². The van der Waals surface area contributed by atoms with E-state index in [1.54, 1.807) is 47.7 Å². The summed E-state index contributed by atoms with van der Waals surface area (Å²) >= 11 is 1.61. The van der Waals surface area contributed by atoms with Crippen LogP contribution in [0.4, 0.5) is 5.69 Å². The van der Waals surface area contributed by atoms with Crippen molar-refractivity contribution in [1.29, 1.82) is 0 Å². The molecule has 0 N–H and O–H groups in total. The van der Waals surface area contributed by atoms with Gasteiger partial charge in [0.1, 0.15) is 5.75 Å². The minimum Gasteiger partial charge on any atom is -0.495 e. The van der Waals surface area contributed by atoms with Crippen LogP contribution in [0.2, 0.25) is 0 Å². The number of hydrogen-bond donors (Lipinski definition) is 0. The Hall–Kier alpha value is -3.18. The lowest BCUT2D eigenvalue weighted by Crippen LogP contribution is -2.42. The van der Waals surface area contributed by atoms with E-state index in [-0.39, 0.29) is 11.8 Å². The van der Waals surface area contributed by atoms with Gasteiger partial charge in [-0.1, -0.05) is 30.3 Å². The smallest absolute Gasteiger partial charge is 0.266 e. The number of ether oxygens (including phenoxy) is 1. The highest BCUT2D eigenvalue weighted by Crippen LogP contribution is 2.37. The molecule has 2 aromatic carbocycles. The molecule has 0 bridgehead atoms. The molecule has 4 nitrogen and oxygen atoms in total. The molecule has 1 aliphatic heterocycles. The summed E-state index contributed by atoms with van der Waals surface area (Å²) in [5.41, 5.74) is 2.10. The fourth-order valence-corrected chi connectivity index (χ4v) is 4.02. The largest absolute Gasteiger partial charge is 0.495 e. The van der Waals surface area contributed by atoms with E-state index in [1.807, 2.05) is 37.3 Å². The summed E-state index contributed by atoms with van der Waals surface area (Å²) < 4.78 is 5.38. The van der Waals surface area contributed by atoms with Crippen molar-refractivity contribution < 1.29 is 14.3 Å². The van der Waals surface area contributed by atoms with Crippen molar-refractivity contribution >= 4 is 40.5 Å². The Bertz CT molecular complexity index is 1080. The number of rotatable bonds is 3. The monoisotopic (exact) mass is 375 g/mol. The molecule has 134 valence electrons. The summed E-state index contributed by atoms with van der Waals surface area (Å²) in [6, 6.07) is 18.2. The molecule has 27 heavy (non-hydrogen) atoms. The topological polar surface area (TPSA) is 46.6 Å². The van der Waals surface area contributed by atoms with Crippen LogP contribution in [0.25, 0.3) is 11.6 Å². The van der Waals surface area contributed by atoms with Gasteiger partial charge >= 0.3 is 0 Å². The van der Waals surface area contributed by atoms with Gasteiger partial charge in [-0.25, -0.2) is 4.90 Å². The Labute approximate surface area is 161 Å². The lowest BCUT2D eigenvalue weighted by molar-refractivity contribution is -0.112. The fourth-order valence-electron chi connectivity index (χ4n) is 3.20. The van der Waals surface area contributed by atoms with Crippen LogP contribution in [-0.4, -0.2) is 18.9 Å². The molecule has 1 aliphatic rings. The maximum absolute atomic E-state index is 13.4. The number of thiophene rings is 1. The van der Waals surface area contributed by atoms with Crippen LogP contribution in [0, 0.1) is 6.92 Å². The standard InChI is InChI=1S/C22H17NO3S/c1-14-11-12-15(27-14)13-18-16-7-3-4-8-17(16)21(24)23(22(18)25)19-9-5-6-10-20(19)26-2/h3-13H,1-2H3/b18-13-. The number of anilines is 1. The van der Waals surface area contributed by atoms with Crippen LogP contribution in [0.5, 0.6) is 5.75 Å². The van der Waals surface area contributed by atoms with E-state index in [9.17, 15) is 9.59 Å². The molecule has 0 fully saturated rings. The fraction of sp³-hybridized carbons (Fsp3) is 0.0909. The molecule has 0 radical (unpaired) electrons. The average Bonchev–Trinajstić information content (AvgIpc) is 3.10. The molecule has 4 rings (SSSR count). The van der Waals surface area contributed by atoms with Crippen molar-refractivity contribution in [2.45, 2.75) is 6.92 Å². The molecular weight excluding hydrogens is 358 g/mol. The van der Waals surface area contributed by atoms with Crippen molar-refractivity contribution in [1.82, 2.24) is 0 Å². The minimum atomic E-state index is -0.353. The van der Waals surface area contributed by atoms with E-state index in [1.165, 1.54) is 12.0 Å². The number of carbonyl (C=O) groups is 2. The molecule has 0 aliphatic carbocycles. The molecule has 2 amide bonds. The zero-order valence-corrected chi connectivity index (χ0v) is 15.7. The molecule has 0 unspecified atom stereocenters. The number of aryl methyl sites for hydroxylation is 1. The Balaban J connectivity index is 1.92. The van der Waals surface area contributed by atoms with Crippen molar-refractivity contribution in [2.24, 2.45) is 0 Å². The Morgan fingerprint density at radius 3 is 2.30 bits per heavy atom. The van der Waals surface area contributed by atoms with E-state index in [0.717, 1.165) is 9.75 Å². The van der Waals surface area contributed by atoms with Crippen molar-refractivity contribution in [3.8, 4) is 5.75 Å². The maximum atomic E-state index is 13.4. The maximum Gasteiger partial charge on any atom is 0.266 e. The Kier molecular flexibility index (Phi) is 4.38. The summed E-state index contributed by atoms with van der Waals surface area (Å²) in [5.74, 6) is -0.223. The number of carbonyl (C=O) groups excluding carboxylic acids is 2. The number of imide groups is 1. The SMILES string of the molecule is COc1ccccc1N1C(=O)/C(=C\c2ccc(C)s2)c2ccccc2C1=O. The predicted molar refractivity (Wildman–Crippen MR) is 108 cm³/mol. The van der Waals surface area contributed by atoms with Gasteiger partial charge in [-0.05, 0) is 43.3 Å². The van der Waals surface area contributed by atoms with Gasteiger partial charge in [0, 0.05) is 26.5 Å². The van der Waals surface area contributed by atoms with Crippen LogP contribution in [0.1, 0.15) is 25.7 Å². The summed E-state index contributed by atoms with van der Waals surface area (Å²) in [7, 11) is 1.52. The summed E-state index contributed by atoms with van der Waals surface area (Å²) in [6.07, 6.45) is 1.85. The van der Waals surface area contributed by atoms with Crippen molar-refractivity contribution in [3.05, 3.63) is 81.5 Å². The van der Waals surface area contributed by atoms with Gasteiger partial charge in [-0.15, -0.1) is 11.3 Å². The lowest BCUT2D eigenvalue weighted by atomic mass is 9.92. The van der Waals surface area contributed by atoms with Crippen molar-refractivity contribution in [2.75, 3.05) is 12.0 Å². The first kappa shape index (κ1) is 17.2. The van der Waals surface area contributed by atoms with Crippen molar-refractivity contribution in [3.63, 3.8) is 0 Å².